The van der Waals surface area contributed by atoms with E-state index in [2.05, 4.69) is 24.5 Å². The van der Waals surface area contributed by atoms with Gasteiger partial charge in [0.2, 0.25) is 11.8 Å². The first kappa shape index (κ1) is 33.3. The second-order valence-corrected chi connectivity index (χ2v) is 12.0. The quantitative estimate of drug-likeness (QED) is 0.316. The van der Waals surface area contributed by atoms with Crippen molar-refractivity contribution in [2.45, 2.75) is 98.4 Å². The third-order valence-corrected chi connectivity index (χ3v) is 6.66. The van der Waals surface area contributed by atoms with Crippen LogP contribution in [0.2, 0.25) is 0 Å². The first-order valence-corrected chi connectivity index (χ1v) is 14.1. The zero-order valence-electron chi connectivity index (χ0n) is 25.6. The number of nitrogens with two attached hydrogens (primary N) is 1. The zero-order valence-corrected chi connectivity index (χ0v) is 25.6. The molecular weight excluding hydrogens is 520 g/mol. The molecule has 0 radical (unpaired) electrons. The van der Waals surface area contributed by atoms with Gasteiger partial charge in [-0.1, -0.05) is 62.4 Å². The van der Waals surface area contributed by atoms with Crippen molar-refractivity contribution in [2.24, 2.45) is 11.7 Å². The second-order valence-electron chi connectivity index (χ2n) is 12.0. The molecule has 0 saturated heterocycles. The van der Waals surface area contributed by atoms with Crippen LogP contribution in [0.15, 0.2) is 48.5 Å². The fourth-order valence-corrected chi connectivity index (χ4v) is 4.62. The number of hydrogen-bond acceptors (Lipinski definition) is 5. The minimum absolute atomic E-state index is 0.356. The van der Waals surface area contributed by atoms with Crippen molar-refractivity contribution >= 4 is 29.5 Å². The van der Waals surface area contributed by atoms with Gasteiger partial charge in [0.25, 0.3) is 5.91 Å². The van der Waals surface area contributed by atoms with Crippen molar-refractivity contribution in [3.05, 3.63) is 65.2 Å². The highest BCUT2D eigenvalue weighted by molar-refractivity contribution is 6.00. The van der Waals surface area contributed by atoms with Gasteiger partial charge in [-0.25, -0.2) is 4.79 Å². The molecule has 3 unspecified atom stereocenters. The Morgan fingerprint density at radius 3 is 2.00 bits per heavy atom. The summed E-state index contributed by atoms with van der Waals surface area (Å²) in [5.74, 6) is -1.43. The Kier molecular flexibility index (Phi) is 11.9. The highest BCUT2D eigenvalue weighted by Gasteiger charge is 2.39. The van der Waals surface area contributed by atoms with Gasteiger partial charge in [0.05, 0.1) is 6.42 Å². The van der Waals surface area contributed by atoms with Crippen LogP contribution in [0.3, 0.4) is 0 Å². The van der Waals surface area contributed by atoms with Gasteiger partial charge in [-0.3, -0.25) is 14.4 Å². The summed E-state index contributed by atoms with van der Waals surface area (Å²) in [6, 6.07) is 11.9. The molecule has 41 heavy (non-hydrogen) atoms. The standard InChI is InChI=1S/C32H46N4O5/c1-20(2)17-18-23(5)36(30(39)25(19-26(33)37)34-31(40)41-32(6,7)8)28(24-15-10-9-11-16-24)29(38)35-27-21(3)13-12-14-22(27)4/h9-16,20,23,25,28H,17-19H2,1-8H3,(H2,33,37)(H,34,40)(H,35,38). The number of amides is 4. The van der Waals surface area contributed by atoms with E-state index in [9.17, 15) is 19.2 Å². The molecule has 2 aromatic carbocycles. The Labute approximate surface area is 244 Å². The van der Waals surface area contributed by atoms with Gasteiger partial charge in [0, 0.05) is 11.7 Å². The van der Waals surface area contributed by atoms with Gasteiger partial charge < -0.3 is 26.0 Å². The van der Waals surface area contributed by atoms with Crippen LogP contribution in [0, 0.1) is 19.8 Å². The molecule has 0 bridgehead atoms. The average molecular weight is 567 g/mol. The summed E-state index contributed by atoms with van der Waals surface area (Å²) in [4.78, 5) is 54.7. The molecule has 0 spiro atoms. The Balaban J connectivity index is 2.63. The lowest BCUT2D eigenvalue weighted by molar-refractivity contribution is -0.144. The largest absolute Gasteiger partial charge is 0.444 e. The van der Waals surface area contributed by atoms with Crippen molar-refractivity contribution in [2.75, 3.05) is 5.32 Å². The van der Waals surface area contributed by atoms with Crippen LogP contribution in [0.25, 0.3) is 0 Å². The van der Waals surface area contributed by atoms with Crippen LogP contribution in [-0.4, -0.2) is 46.4 Å². The SMILES string of the molecule is Cc1cccc(C)c1NC(=O)C(c1ccccc1)N(C(=O)C(CC(N)=O)NC(=O)OC(C)(C)C)C(C)CCC(C)C. The lowest BCUT2D eigenvalue weighted by atomic mass is 9.96. The number of carbonyl (C=O) groups is 4. The Morgan fingerprint density at radius 1 is 0.902 bits per heavy atom. The highest BCUT2D eigenvalue weighted by Crippen LogP contribution is 2.30. The lowest BCUT2D eigenvalue weighted by Gasteiger charge is -2.38. The number of benzene rings is 2. The molecule has 0 aliphatic carbocycles. The number of aryl methyl sites for hydroxylation is 2. The Hall–Kier alpha value is -3.88. The van der Waals surface area contributed by atoms with Crippen LogP contribution >= 0.6 is 0 Å². The fourth-order valence-electron chi connectivity index (χ4n) is 4.62. The van der Waals surface area contributed by atoms with Gasteiger partial charge in [-0.05, 0) is 77.0 Å². The van der Waals surface area contributed by atoms with Gasteiger partial charge in [-0.2, -0.15) is 0 Å². The third kappa shape index (κ3) is 10.2. The summed E-state index contributed by atoms with van der Waals surface area (Å²) in [6.07, 6.45) is 0.0819. The average Bonchev–Trinajstić information content (AvgIpc) is 2.86. The molecule has 0 aliphatic heterocycles. The van der Waals surface area contributed by atoms with Crippen LogP contribution < -0.4 is 16.4 Å². The van der Waals surface area contributed by atoms with E-state index in [1.54, 1.807) is 45.0 Å². The van der Waals surface area contributed by atoms with Gasteiger partial charge in [-0.15, -0.1) is 0 Å². The number of anilines is 1. The van der Waals surface area contributed by atoms with Crippen LogP contribution in [-0.2, 0) is 19.1 Å². The minimum atomic E-state index is -1.33. The highest BCUT2D eigenvalue weighted by atomic mass is 16.6. The van der Waals surface area contributed by atoms with Crippen molar-refractivity contribution in [3.63, 3.8) is 0 Å². The van der Waals surface area contributed by atoms with Gasteiger partial charge in [0.1, 0.15) is 17.7 Å². The molecule has 2 aromatic rings. The summed E-state index contributed by atoms with van der Waals surface area (Å²) in [5, 5.41) is 5.58. The first-order chi connectivity index (χ1) is 19.1. The molecule has 0 aliphatic rings. The molecule has 9 nitrogen and oxygen atoms in total. The maximum atomic E-state index is 14.3. The number of alkyl carbamates (subject to hydrolysis) is 1. The predicted molar refractivity (Wildman–Crippen MR) is 161 cm³/mol. The fraction of sp³-hybridized carbons (Fsp3) is 0.500. The van der Waals surface area contributed by atoms with E-state index in [0.29, 0.717) is 23.6 Å². The van der Waals surface area contributed by atoms with E-state index in [4.69, 9.17) is 10.5 Å². The summed E-state index contributed by atoms with van der Waals surface area (Å²) >= 11 is 0. The van der Waals surface area contributed by atoms with Crippen molar-refractivity contribution < 1.29 is 23.9 Å². The van der Waals surface area contributed by atoms with E-state index in [1.807, 2.05) is 45.0 Å². The predicted octanol–water partition coefficient (Wildman–Crippen LogP) is 5.41. The van der Waals surface area contributed by atoms with Crippen molar-refractivity contribution in [1.82, 2.24) is 10.2 Å². The molecule has 4 amide bonds. The summed E-state index contributed by atoms with van der Waals surface area (Å²) in [7, 11) is 0. The minimum Gasteiger partial charge on any atom is -0.444 e. The molecular formula is C32H46N4O5. The monoisotopic (exact) mass is 566 g/mol. The van der Waals surface area contributed by atoms with Crippen LogP contribution in [0.5, 0.6) is 0 Å². The smallest absolute Gasteiger partial charge is 0.408 e. The van der Waals surface area contributed by atoms with Crippen LogP contribution in [0.1, 0.15) is 83.5 Å². The Morgan fingerprint density at radius 2 is 1.49 bits per heavy atom. The van der Waals surface area contributed by atoms with Crippen molar-refractivity contribution in [1.29, 1.82) is 0 Å². The number of ether oxygens (including phenoxy) is 1. The number of rotatable bonds is 12. The lowest BCUT2D eigenvalue weighted by Crippen LogP contribution is -2.55. The summed E-state index contributed by atoms with van der Waals surface area (Å²) in [6.45, 7) is 14.9. The maximum Gasteiger partial charge on any atom is 0.408 e. The molecule has 3 atom stereocenters. The number of nitrogens with zero attached hydrogens (tertiary/aromatic N) is 1. The summed E-state index contributed by atoms with van der Waals surface area (Å²) < 4.78 is 5.36. The molecule has 224 valence electrons. The molecule has 0 heterocycles. The Bertz CT molecular complexity index is 1190. The molecule has 0 fully saturated rings. The van der Waals surface area contributed by atoms with Crippen molar-refractivity contribution in [3.8, 4) is 0 Å². The van der Waals surface area contributed by atoms with Gasteiger partial charge in [0.15, 0.2) is 0 Å². The second kappa shape index (κ2) is 14.7. The molecule has 0 saturated carbocycles. The molecule has 4 N–H and O–H groups in total. The molecule has 2 rings (SSSR count). The van der Waals surface area contributed by atoms with Crippen LogP contribution in [0.4, 0.5) is 10.5 Å². The number of para-hydroxylation sites is 1. The molecule has 9 heteroatoms. The number of hydrogen-bond donors (Lipinski definition) is 3. The maximum absolute atomic E-state index is 14.3. The summed E-state index contributed by atoms with van der Waals surface area (Å²) in [5.41, 5.74) is 7.71. The number of primary amides is 1. The van der Waals surface area contributed by atoms with E-state index < -0.39 is 54.0 Å². The zero-order chi connectivity index (χ0) is 30.9. The van der Waals surface area contributed by atoms with E-state index in [0.717, 1.165) is 17.5 Å². The van der Waals surface area contributed by atoms with E-state index in [-0.39, 0.29) is 0 Å². The molecule has 0 aromatic heterocycles. The third-order valence-electron chi connectivity index (χ3n) is 6.66. The normalized spacial score (nSPS) is 13.6. The van der Waals surface area contributed by atoms with E-state index in [1.165, 1.54) is 4.90 Å². The topological polar surface area (TPSA) is 131 Å². The number of carbonyl (C=O) groups excluding carboxylic acids is 4. The van der Waals surface area contributed by atoms with E-state index >= 15 is 0 Å². The number of nitrogens with one attached hydrogen (secondary N) is 2. The van der Waals surface area contributed by atoms with Gasteiger partial charge >= 0.3 is 6.09 Å². The first-order valence-electron chi connectivity index (χ1n) is 14.1.